The molecule has 0 saturated carbocycles. The van der Waals surface area contributed by atoms with Crippen molar-refractivity contribution < 1.29 is 14.3 Å². The normalized spacial score (nSPS) is 25.8. The van der Waals surface area contributed by atoms with Gasteiger partial charge in [0.25, 0.3) is 0 Å². The third-order valence-corrected chi connectivity index (χ3v) is 3.70. The first kappa shape index (κ1) is 14.8. The van der Waals surface area contributed by atoms with Gasteiger partial charge in [-0.2, -0.15) is 11.8 Å². The molecule has 6 heteroatoms. The summed E-state index contributed by atoms with van der Waals surface area (Å²) in [5.74, 6) is 0.787. The van der Waals surface area contributed by atoms with E-state index in [2.05, 4.69) is 5.32 Å². The molecule has 0 aromatic carbocycles. The SMILES string of the molecule is COC1(CNC(=O)[C@@H](N)CCSC)CCOC1. The predicted molar refractivity (Wildman–Crippen MR) is 69.2 cm³/mol. The van der Waals surface area contributed by atoms with Crippen molar-refractivity contribution in [3.8, 4) is 0 Å². The van der Waals surface area contributed by atoms with E-state index in [1.807, 2.05) is 6.26 Å². The number of hydrogen-bond acceptors (Lipinski definition) is 5. The highest BCUT2D eigenvalue weighted by Gasteiger charge is 2.35. The summed E-state index contributed by atoms with van der Waals surface area (Å²) in [5, 5.41) is 2.85. The predicted octanol–water partition coefficient (Wildman–Crippen LogP) is -0.0115. The van der Waals surface area contributed by atoms with E-state index in [1.54, 1.807) is 18.9 Å². The summed E-state index contributed by atoms with van der Waals surface area (Å²) in [7, 11) is 1.65. The van der Waals surface area contributed by atoms with Crippen molar-refractivity contribution in [2.24, 2.45) is 5.73 Å². The number of thioether (sulfide) groups is 1. The fourth-order valence-electron chi connectivity index (χ4n) is 1.72. The van der Waals surface area contributed by atoms with E-state index >= 15 is 0 Å². The lowest BCUT2D eigenvalue weighted by Crippen LogP contribution is -2.49. The van der Waals surface area contributed by atoms with Crippen molar-refractivity contribution in [2.45, 2.75) is 24.5 Å². The van der Waals surface area contributed by atoms with E-state index in [4.69, 9.17) is 15.2 Å². The van der Waals surface area contributed by atoms with Crippen LogP contribution in [0.25, 0.3) is 0 Å². The zero-order chi connectivity index (χ0) is 12.7. The van der Waals surface area contributed by atoms with E-state index < -0.39 is 6.04 Å². The van der Waals surface area contributed by atoms with Gasteiger partial charge in [0, 0.05) is 26.7 Å². The molecule has 1 amide bonds. The van der Waals surface area contributed by atoms with Crippen LogP contribution in [0.4, 0.5) is 0 Å². The van der Waals surface area contributed by atoms with Crippen LogP contribution < -0.4 is 11.1 Å². The Kier molecular flexibility index (Phi) is 6.26. The summed E-state index contributed by atoms with van der Waals surface area (Å²) >= 11 is 1.69. The highest BCUT2D eigenvalue weighted by atomic mass is 32.2. The fraction of sp³-hybridized carbons (Fsp3) is 0.909. The Hall–Kier alpha value is -0.300. The largest absolute Gasteiger partial charge is 0.378 e. The lowest BCUT2D eigenvalue weighted by molar-refractivity contribution is -0.124. The number of amides is 1. The van der Waals surface area contributed by atoms with E-state index in [9.17, 15) is 4.79 Å². The van der Waals surface area contributed by atoms with Gasteiger partial charge in [-0.3, -0.25) is 4.79 Å². The molecule has 0 aromatic heterocycles. The lowest BCUT2D eigenvalue weighted by atomic mass is 10.0. The van der Waals surface area contributed by atoms with Crippen molar-refractivity contribution in [3.63, 3.8) is 0 Å². The zero-order valence-electron chi connectivity index (χ0n) is 10.5. The number of nitrogens with one attached hydrogen (secondary N) is 1. The summed E-state index contributed by atoms with van der Waals surface area (Å²) in [5.41, 5.74) is 5.41. The molecule has 3 N–H and O–H groups in total. The third kappa shape index (κ3) is 4.46. The summed E-state index contributed by atoms with van der Waals surface area (Å²) in [6, 6.07) is -0.432. The van der Waals surface area contributed by atoms with Gasteiger partial charge in [-0.25, -0.2) is 0 Å². The molecule has 1 aliphatic heterocycles. The topological polar surface area (TPSA) is 73.6 Å². The van der Waals surface area contributed by atoms with E-state index in [0.29, 0.717) is 26.2 Å². The number of carbonyl (C=O) groups is 1. The fourth-order valence-corrected chi connectivity index (χ4v) is 2.21. The van der Waals surface area contributed by atoms with E-state index in [0.717, 1.165) is 12.2 Å². The maximum atomic E-state index is 11.7. The van der Waals surface area contributed by atoms with Crippen LogP contribution in [0.1, 0.15) is 12.8 Å². The smallest absolute Gasteiger partial charge is 0.237 e. The molecule has 0 radical (unpaired) electrons. The number of methoxy groups -OCH3 is 1. The van der Waals surface area contributed by atoms with E-state index in [1.165, 1.54) is 0 Å². The quantitative estimate of drug-likeness (QED) is 0.675. The van der Waals surface area contributed by atoms with Crippen molar-refractivity contribution in [3.05, 3.63) is 0 Å². The summed E-state index contributed by atoms with van der Waals surface area (Å²) in [6.07, 6.45) is 3.51. The number of nitrogens with two attached hydrogens (primary N) is 1. The molecule has 1 aliphatic rings. The Morgan fingerprint density at radius 1 is 1.71 bits per heavy atom. The minimum Gasteiger partial charge on any atom is -0.378 e. The molecule has 17 heavy (non-hydrogen) atoms. The summed E-state index contributed by atoms with van der Waals surface area (Å²) < 4.78 is 10.7. The van der Waals surface area contributed by atoms with Crippen LogP contribution in [0.3, 0.4) is 0 Å². The molecule has 0 spiro atoms. The molecule has 5 nitrogen and oxygen atoms in total. The van der Waals surface area contributed by atoms with Gasteiger partial charge >= 0.3 is 0 Å². The van der Waals surface area contributed by atoms with Crippen molar-refractivity contribution >= 4 is 17.7 Å². The monoisotopic (exact) mass is 262 g/mol. The van der Waals surface area contributed by atoms with Crippen molar-refractivity contribution in [2.75, 3.05) is 38.9 Å². The van der Waals surface area contributed by atoms with Gasteiger partial charge < -0.3 is 20.5 Å². The van der Waals surface area contributed by atoms with E-state index in [-0.39, 0.29) is 11.5 Å². The first-order valence-electron chi connectivity index (χ1n) is 5.79. The second-order valence-corrected chi connectivity index (χ2v) is 5.28. The van der Waals surface area contributed by atoms with Gasteiger partial charge in [0.1, 0.15) is 5.60 Å². The molecular formula is C11H22N2O3S. The first-order chi connectivity index (χ1) is 8.13. The summed E-state index contributed by atoms with van der Waals surface area (Å²) in [6.45, 7) is 1.68. The maximum absolute atomic E-state index is 11.7. The lowest BCUT2D eigenvalue weighted by Gasteiger charge is -2.26. The van der Waals surface area contributed by atoms with Crippen LogP contribution in [0, 0.1) is 0 Å². The minimum atomic E-state index is -0.432. The third-order valence-electron chi connectivity index (χ3n) is 3.05. The van der Waals surface area contributed by atoms with Crippen LogP contribution in [0.15, 0.2) is 0 Å². The molecule has 1 heterocycles. The van der Waals surface area contributed by atoms with Crippen LogP contribution in [-0.4, -0.2) is 56.4 Å². The molecule has 0 aliphatic carbocycles. The van der Waals surface area contributed by atoms with Gasteiger partial charge in [-0.15, -0.1) is 0 Å². The average Bonchev–Trinajstić information content (AvgIpc) is 2.82. The van der Waals surface area contributed by atoms with Gasteiger partial charge in [0.05, 0.1) is 12.6 Å². The van der Waals surface area contributed by atoms with Crippen molar-refractivity contribution in [1.82, 2.24) is 5.32 Å². The summed E-state index contributed by atoms with van der Waals surface area (Å²) in [4.78, 5) is 11.7. The van der Waals surface area contributed by atoms with Gasteiger partial charge in [0.2, 0.25) is 5.91 Å². The van der Waals surface area contributed by atoms with Crippen LogP contribution in [-0.2, 0) is 14.3 Å². The molecule has 1 rings (SSSR count). The van der Waals surface area contributed by atoms with Crippen LogP contribution in [0.5, 0.6) is 0 Å². The van der Waals surface area contributed by atoms with Gasteiger partial charge in [0.15, 0.2) is 0 Å². The van der Waals surface area contributed by atoms with Gasteiger partial charge in [-0.1, -0.05) is 0 Å². The minimum absolute atomic E-state index is 0.109. The Morgan fingerprint density at radius 3 is 3.00 bits per heavy atom. The molecule has 0 bridgehead atoms. The number of hydrogen-bond donors (Lipinski definition) is 2. The molecule has 1 saturated heterocycles. The average molecular weight is 262 g/mol. The maximum Gasteiger partial charge on any atom is 0.237 e. The Morgan fingerprint density at radius 2 is 2.47 bits per heavy atom. The molecular weight excluding hydrogens is 240 g/mol. The highest BCUT2D eigenvalue weighted by molar-refractivity contribution is 7.98. The molecule has 2 atom stereocenters. The number of ether oxygens (including phenoxy) is 2. The number of rotatable bonds is 7. The molecule has 1 fully saturated rings. The van der Waals surface area contributed by atoms with Crippen molar-refractivity contribution in [1.29, 1.82) is 0 Å². The standard InChI is InChI=1S/C11H22N2O3S/c1-15-11(4-5-16-8-11)7-13-10(14)9(12)3-6-17-2/h9H,3-8,12H2,1-2H3,(H,13,14)/t9-,11?/m0/s1. The highest BCUT2D eigenvalue weighted by Crippen LogP contribution is 2.21. The Bertz CT molecular complexity index is 245. The molecule has 1 unspecified atom stereocenters. The number of carbonyl (C=O) groups excluding carboxylic acids is 1. The van der Waals surface area contributed by atoms with Crippen LogP contribution in [0.2, 0.25) is 0 Å². The second kappa shape index (κ2) is 7.20. The van der Waals surface area contributed by atoms with Crippen LogP contribution >= 0.6 is 11.8 Å². The first-order valence-corrected chi connectivity index (χ1v) is 7.18. The van der Waals surface area contributed by atoms with Gasteiger partial charge in [-0.05, 0) is 18.4 Å². The molecule has 0 aromatic rings. The molecule has 100 valence electrons. The zero-order valence-corrected chi connectivity index (χ0v) is 11.3. The Balaban J connectivity index is 2.31. The Labute approximate surface area is 107 Å². The second-order valence-electron chi connectivity index (χ2n) is 4.30.